The third-order valence-electron chi connectivity index (χ3n) is 2.38. The SMILES string of the molecule is C#CCCNC1CCOC1(C)C. The Morgan fingerprint density at radius 2 is 2.42 bits per heavy atom. The second-order valence-electron chi connectivity index (χ2n) is 3.70. The van der Waals surface area contributed by atoms with Crippen LogP contribution in [0.25, 0.3) is 0 Å². The molecule has 1 rings (SSSR count). The molecule has 1 atom stereocenters. The molecule has 0 aliphatic carbocycles. The maximum absolute atomic E-state index is 5.57. The highest BCUT2D eigenvalue weighted by molar-refractivity contribution is 4.92. The van der Waals surface area contributed by atoms with Gasteiger partial charge in [-0.05, 0) is 20.3 Å². The molecule has 1 N–H and O–H groups in total. The molecule has 2 heteroatoms. The van der Waals surface area contributed by atoms with Gasteiger partial charge in [-0.15, -0.1) is 12.3 Å². The van der Waals surface area contributed by atoms with Crippen LogP contribution >= 0.6 is 0 Å². The maximum atomic E-state index is 5.57. The molecule has 1 heterocycles. The lowest BCUT2D eigenvalue weighted by Crippen LogP contribution is -2.43. The molecule has 0 aromatic rings. The number of hydrogen-bond donors (Lipinski definition) is 1. The molecule has 0 saturated carbocycles. The minimum Gasteiger partial charge on any atom is -0.374 e. The van der Waals surface area contributed by atoms with E-state index in [1.807, 2.05) is 0 Å². The molecule has 1 aliphatic heterocycles. The van der Waals surface area contributed by atoms with Crippen molar-refractivity contribution < 1.29 is 4.74 Å². The normalized spacial score (nSPS) is 26.9. The molecule has 12 heavy (non-hydrogen) atoms. The van der Waals surface area contributed by atoms with Crippen LogP contribution in [-0.4, -0.2) is 24.8 Å². The Balaban J connectivity index is 2.28. The molecule has 1 unspecified atom stereocenters. The number of terminal acetylenes is 1. The Hall–Kier alpha value is -0.520. The van der Waals surface area contributed by atoms with Crippen LogP contribution in [0.3, 0.4) is 0 Å². The van der Waals surface area contributed by atoms with Crippen LogP contribution in [0.5, 0.6) is 0 Å². The van der Waals surface area contributed by atoms with Crippen LogP contribution in [-0.2, 0) is 4.74 Å². The average molecular weight is 167 g/mol. The second kappa shape index (κ2) is 3.93. The summed E-state index contributed by atoms with van der Waals surface area (Å²) in [5.74, 6) is 2.62. The Bertz CT molecular complexity index is 181. The summed E-state index contributed by atoms with van der Waals surface area (Å²) < 4.78 is 5.57. The molecule has 1 saturated heterocycles. The molecule has 0 spiro atoms. The van der Waals surface area contributed by atoms with Gasteiger partial charge in [0.25, 0.3) is 0 Å². The maximum Gasteiger partial charge on any atom is 0.0779 e. The number of rotatable bonds is 3. The van der Waals surface area contributed by atoms with Crippen molar-refractivity contribution in [1.82, 2.24) is 5.32 Å². The highest BCUT2D eigenvalue weighted by Crippen LogP contribution is 2.24. The van der Waals surface area contributed by atoms with Crippen molar-refractivity contribution in [3.05, 3.63) is 0 Å². The Kier molecular flexibility index (Phi) is 3.13. The summed E-state index contributed by atoms with van der Waals surface area (Å²) in [6.45, 7) is 6.00. The Labute approximate surface area is 74.7 Å². The number of hydrogen-bond acceptors (Lipinski definition) is 2. The number of nitrogens with one attached hydrogen (secondary N) is 1. The molecular weight excluding hydrogens is 150 g/mol. The van der Waals surface area contributed by atoms with Gasteiger partial charge in [-0.1, -0.05) is 0 Å². The lowest BCUT2D eigenvalue weighted by atomic mass is 9.99. The highest BCUT2D eigenvalue weighted by Gasteiger charge is 2.34. The van der Waals surface area contributed by atoms with Crippen LogP contribution in [0.15, 0.2) is 0 Å². The van der Waals surface area contributed by atoms with Crippen molar-refractivity contribution in [3.63, 3.8) is 0 Å². The summed E-state index contributed by atoms with van der Waals surface area (Å²) in [5.41, 5.74) is -0.0192. The second-order valence-corrected chi connectivity index (χ2v) is 3.70. The first kappa shape index (κ1) is 9.57. The molecule has 0 aromatic carbocycles. The summed E-state index contributed by atoms with van der Waals surface area (Å²) in [7, 11) is 0. The fourth-order valence-corrected chi connectivity index (χ4v) is 1.55. The van der Waals surface area contributed by atoms with Crippen LogP contribution in [0.2, 0.25) is 0 Å². The van der Waals surface area contributed by atoms with Crippen molar-refractivity contribution in [3.8, 4) is 12.3 Å². The van der Waals surface area contributed by atoms with Gasteiger partial charge in [0.1, 0.15) is 0 Å². The van der Waals surface area contributed by atoms with Gasteiger partial charge in [-0.3, -0.25) is 0 Å². The van der Waals surface area contributed by atoms with E-state index in [2.05, 4.69) is 25.1 Å². The highest BCUT2D eigenvalue weighted by atomic mass is 16.5. The minimum absolute atomic E-state index is 0.0192. The monoisotopic (exact) mass is 167 g/mol. The van der Waals surface area contributed by atoms with E-state index in [1.54, 1.807) is 0 Å². The Morgan fingerprint density at radius 1 is 1.67 bits per heavy atom. The molecule has 1 fully saturated rings. The van der Waals surface area contributed by atoms with E-state index in [-0.39, 0.29) is 5.60 Å². The summed E-state index contributed by atoms with van der Waals surface area (Å²) in [4.78, 5) is 0. The van der Waals surface area contributed by atoms with Crippen LogP contribution in [0, 0.1) is 12.3 Å². The lowest BCUT2D eigenvalue weighted by molar-refractivity contribution is 0.0219. The first-order chi connectivity index (χ1) is 5.67. The van der Waals surface area contributed by atoms with Crippen molar-refractivity contribution in [2.75, 3.05) is 13.2 Å². The summed E-state index contributed by atoms with van der Waals surface area (Å²) in [6.07, 6.45) is 7.05. The Morgan fingerprint density at radius 3 is 2.92 bits per heavy atom. The standard InChI is InChI=1S/C10H17NO/c1-4-5-7-11-9-6-8-12-10(9,2)3/h1,9,11H,5-8H2,2-3H3. The summed E-state index contributed by atoms with van der Waals surface area (Å²) in [6, 6.07) is 0.464. The summed E-state index contributed by atoms with van der Waals surface area (Å²) in [5, 5.41) is 3.41. The van der Waals surface area contributed by atoms with Crippen molar-refractivity contribution >= 4 is 0 Å². The largest absolute Gasteiger partial charge is 0.374 e. The van der Waals surface area contributed by atoms with Crippen molar-refractivity contribution in [2.24, 2.45) is 0 Å². The van der Waals surface area contributed by atoms with Crippen LogP contribution < -0.4 is 5.32 Å². The quantitative estimate of drug-likeness (QED) is 0.503. The zero-order valence-corrected chi connectivity index (χ0v) is 7.89. The van der Waals surface area contributed by atoms with E-state index in [4.69, 9.17) is 11.2 Å². The average Bonchev–Trinajstić information content (AvgIpc) is 2.32. The van der Waals surface area contributed by atoms with Gasteiger partial charge in [0, 0.05) is 25.6 Å². The van der Waals surface area contributed by atoms with Crippen LogP contribution in [0.4, 0.5) is 0 Å². The number of ether oxygens (including phenoxy) is 1. The molecule has 0 amide bonds. The van der Waals surface area contributed by atoms with Crippen molar-refractivity contribution in [2.45, 2.75) is 38.3 Å². The molecule has 2 nitrogen and oxygen atoms in total. The zero-order chi connectivity index (χ0) is 9.03. The van der Waals surface area contributed by atoms with Gasteiger partial charge in [0.2, 0.25) is 0 Å². The molecule has 0 radical (unpaired) electrons. The van der Waals surface area contributed by atoms with E-state index < -0.39 is 0 Å². The molecule has 1 aliphatic rings. The molecule has 0 bridgehead atoms. The van der Waals surface area contributed by atoms with E-state index in [1.165, 1.54) is 0 Å². The molecular formula is C10H17NO. The predicted molar refractivity (Wildman–Crippen MR) is 49.9 cm³/mol. The van der Waals surface area contributed by atoms with Gasteiger partial charge in [0.15, 0.2) is 0 Å². The van der Waals surface area contributed by atoms with Gasteiger partial charge in [-0.2, -0.15) is 0 Å². The smallest absolute Gasteiger partial charge is 0.0779 e. The fourth-order valence-electron chi connectivity index (χ4n) is 1.55. The summed E-state index contributed by atoms with van der Waals surface area (Å²) >= 11 is 0. The fraction of sp³-hybridized carbons (Fsp3) is 0.800. The zero-order valence-electron chi connectivity index (χ0n) is 7.89. The predicted octanol–water partition coefficient (Wildman–Crippen LogP) is 1.17. The lowest BCUT2D eigenvalue weighted by Gasteiger charge is -2.26. The van der Waals surface area contributed by atoms with Crippen LogP contribution in [0.1, 0.15) is 26.7 Å². The first-order valence-corrected chi connectivity index (χ1v) is 4.47. The minimum atomic E-state index is -0.0192. The first-order valence-electron chi connectivity index (χ1n) is 4.47. The van der Waals surface area contributed by atoms with E-state index in [0.717, 1.165) is 26.0 Å². The van der Waals surface area contributed by atoms with E-state index in [9.17, 15) is 0 Å². The third kappa shape index (κ3) is 2.23. The van der Waals surface area contributed by atoms with Gasteiger partial charge >= 0.3 is 0 Å². The van der Waals surface area contributed by atoms with Crippen molar-refractivity contribution in [1.29, 1.82) is 0 Å². The molecule has 68 valence electrons. The van der Waals surface area contributed by atoms with Gasteiger partial charge < -0.3 is 10.1 Å². The van der Waals surface area contributed by atoms with Gasteiger partial charge in [0.05, 0.1) is 5.60 Å². The van der Waals surface area contributed by atoms with E-state index >= 15 is 0 Å². The molecule has 0 aromatic heterocycles. The van der Waals surface area contributed by atoms with E-state index in [0.29, 0.717) is 6.04 Å². The third-order valence-corrected chi connectivity index (χ3v) is 2.38. The topological polar surface area (TPSA) is 21.3 Å². The van der Waals surface area contributed by atoms with Gasteiger partial charge in [-0.25, -0.2) is 0 Å².